The first-order chi connectivity index (χ1) is 5.29. The molecule has 1 aliphatic heterocycles. The van der Waals surface area contributed by atoms with Gasteiger partial charge in [0.05, 0.1) is 28.6 Å². The lowest BCUT2D eigenvalue weighted by Crippen LogP contribution is -2.02. The van der Waals surface area contributed by atoms with E-state index in [2.05, 4.69) is 26.0 Å². The molecule has 1 nitrogen and oxygen atoms in total. The van der Waals surface area contributed by atoms with E-state index in [1.165, 1.54) is 6.07 Å². The highest BCUT2D eigenvalue weighted by atomic mass is 127. The summed E-state index contributed by atoms with van der Waals surface area (Å²) in [6, 6.07) is 5.23. The van der Waals surface area contributed by atoms with Gasteiger partial charge in [0.1, 0.15) is 5.82 Å². The number of fused-ring (bicyclic) bond motifs is 1. The van der Waals surface area contributed by atoms with Crippen LogP contribution in [-0.2, 0) is 6.42 Å². The van der Waals surface area contributed by atoms with Crippen LogP contribution in [0.1, 0.15) is 5.56 Å². The molecule has 58 valence electrons. The van der Waals surface area contributed by atoms with Crippen molar-refractivity contribution in [1.82, 2.24) is 0 Å². The van der Waals surface area contributed by atoms with Crippen molar-refractivity contribution in [2.75, 3.05) is 9.66 Å². The largest absolute Gasteiger partial charge is 0.314 e. The first-order valence-corrected chi connectivity index (χ1v) is 4.46. The molecule has 0 unspecified atom stereocenters. The van der Waals surface area contributed by atoms with E-state index in [0.29, 0.717) is 0 Å². The zero-order chi connectivity index (χ0) is 7.84. The Morgan fingerprint density at radius 3 is 3.00 bits per heavy atom. The smallest absolute Gasteiger partial charge is 0.128 e. The monoisotopic (exact) mass is 263 g/mol. The molecule has 0 saturated carbocycles. The zero-order valence-electron chi connectivity index (χ0n) is 5.85. The van der Waals surface area contributed by atoms with Gasteiger partial charge in [0.15, 0.2) is 0 Å². The Morgan fingerprint density at radius 2 is 2.27 bits per heavy atom. The summed E-state index contributed by atoms with van der Waals surface area (Å²) in [4.78, 5) is 0. The number of hydrogen-bond donors (Lipinski definition) is 0. The van der Waals surface area contributed by atoms with Gasteiger partial charge in [0, 0.05) is 12.1 Å². The Kier molecular flexibility index (Phi) is 1.75. The van der Waals surface area contributed by atoms with Crippen LogP contribution in [0.3, 0.4) is 0 Å². The highest BCUT2D eigenvalue weighted by Gasteiger charge is 2.19. The van der Waals surface area contributed by atoms with Gasteiger partial charge in [-0.3, -0.25) is 0 Å². The summed E-state index contributed by atoms with van der Waals surface area (Å²) in [7, 11) is 0. The van der Waals surface area contributed by atoms with Gasteiger partial charge in [-0.2, -0.15) is 0 Å². The van der Waals surface area contributed by atoms with Crippen LogP contribution >= 0.6 is 22.9 Å². The van der Waals surface area contributed by atoms with Crippen LogP contribution < -0.4 is 3.11 Å². The molecule has 0 fully saturated rings. The number of hydrogen-bond acceptors (Lipinski definition) is 1. The van der Waals surface area contributed by atoms with Crippen molar-refractivity contribution in [1.29, 1.82) is 0 Å². The van der Waals surface area contributed by atoms with E-state index in [1.54, 1.807) is 6.07 Å². The van der Waals surface area contributed by atoms with Crippen LogP contribution in [0.4, 0.5) is 10.1 Å². The molecule has 0 amide bonds. The Hall–Kier alpha value is -0.320. The summed E-state index contributed by atoms with van der Waals surface area (Å²) >= 11 is 2.21. The normalized spacial score (nSPS) is 15.3. The second-order valence-corrected chi connectivity index (χ2v) is 3.74. The number of halogens is 2. The molecule has 1 aromatic carbocycles. The van der Waals surface area contributed by atoms with Crippen LogP contribution in [-0.4, -0.2) is 6.54 Å². The first kappa shape index (κ1) is 7.34. The summed E-state index contributed by atoms with van der Waals surface area (Å²) in [5.41, 5.74) is 1.90. The molecule has 0 aromatic heterocycles. The van der Waals surface area contributed by atoms with Crippen molar-refractivity contribution in [3.05, 3.63) is 29.6 Å². The molecule has 0 saturated heterocycles. The van der Waals surface area contributed by atoms with Crippen molar-refractivity contribution in [2.24, 2.45) is 0 Å². The molecule has 0 bridgehead atoms. The third-order valence-corrected chi connectivity index (χ3v) is 2.92. The average molecular weight is 263 g/mol. The molecule has 1 heterocycles. The van der Waals surface area contributed by atoms with Gasteiger partial charge in [-0.05, 0) is 18.6 Å². The fraction of sp³-hybridized carbons (Fsp3) is 0.250. The van der Waals surface area contributed by atoms with Gasteiger partial charge in [0.2, 0.25) is 0 Å². The predicted molar refractivity (Wildman–Crippen MR) is 51.5 cm³/mol. The Morgan fingerprint density at radius 1 is 1.45 bits per heavy atom. The van der Waals surface area contributed by atoms with Crippen LogP contribution in [0.5, 0.6) is 0 Å². The summed E-state index contributed by atoms with van der Waals surface area (Å²) in [5.74, 6) is -0.0679. The van der Waals surface area contributed by atoms with Crippen molar-refractivity contribution < 1.29 is 4.39 Å². The van der Waals surface area contributed by atoms with E-state index in [4.69, 9.17) is 0 Å². The molecule has 1 aromatic rings. The number of rotatable bonds is 0. The second-order valence-electron chi connectivity index (χ2n) is 2.57. The van der Waals surface area contributed by atoms with Crippen molar-refractivity contribution in [3.8, 4) is 0 Å². The lowest BCUT2D eigenvalue weighted by molar-refractivity contribution is 0.615. The third kappa shape index (κ3) is 1.11. The molecule has 1 aliphatic rings. The van der Waals surface area contributed by atoms with E-state index in [0.717, 1.165) is 24.2 Å². The highest BCUT2D eigenvalue weighted by molar-refractivity contribution is 14.1. The van der Waals surface area contributed by atoms with Crippen LogP contribution in [0, 0.1) is 5.82 Å². The standard InChI is InChI=1S/C8H7FIN/c9-7-2-1-3-8-6(7)4-5-11(8)10/h1-3H,4-5H2. The van der Waals surface area contributed by atoms with Gasteiger partial charge in [0.25, 0.3) is 0 Å². The Balaban J connectivity index is 2.57. The number of benzene rings is 1. The van der Waals surface area contributed by atoms with Gasteiger partial charge in [-0.1, -0.05) is 6.07 Å². The topological polar surface area (TPSA) is 3.24 Å². The van der Waals surface area contributed by atoms with Gasteiger partial charge >= 0.3 is 0 Å². The molecule has 11 heavy (non-hydrogen) atoms. The predicted octanol–water partition coefficient (Wildman–Crippen LogP) is 2.54. The van der Waals surface area contributed by atoms with Gasteiger partial charge in [-0.15, -0.1) is 0 Å². The zero-order valence-corrected chi connectivity index (χ0v) is 8.01. The van der Waals surface area contributed by atoms with Crippen molar-refractivity contribution >= 4 is 28.6 Å². The maximum absolute atomic E-state index is 13.0. The molecule has 0 N–H and O–H groups in total. The minimum Gasteiger partial charge on any atom is -0.314 e. The molecule has 0 atom stereocenters. The van der Waals surface area contributed by atoms with E-state index >= 15 is 0 Å². The van der Waals surface area contributed by atoms with Gasteiger partial charge in [-0.25, -0.2) is 4.39 Å². The first-order valence-electron chi connectivity index (χ1n) is 3.50. The van der Waals surface area contributed by atoms with Crippen molar-refractivity contribution in [2.45, 2.75) is 6.42 Å². The van der Waals surface area contributed by atoms with E-state index in [-0.39, 0.29) is 5.82 Å². The van der Waals surface area contributed by atoms with E-state index in [1.807, 2.05) is 6.07 Å². The minimum atomic E-state index is -0.0679. The minimum absolute atomic E-state index is 0.0679. The lowest BCUT2D eigenvalue weighted by Gasteiger charge is -2.07. The maximum atomic E-state index is 13.0. The number of anilines is 1. The second kappa shape index (κ2) is 2.62. The summed E-state index contributed by atoms with van der Waals surface area (Å²) in [6.45, 7) is 0.927. The molecule has 0 spiro atoms. The molecule has 0 radical (unpaired) electrons. The fourth-order valence-corrected chi connectivity index (χ4v) is 2.05. The van der Waals surface area contributed by atoms with E-state index in [9.17, 15) is 4.39 Å². The molecule has 3 heteroatoms. The Bertz CT molecular complexity index is 287. The van der Waals surface area contributed by atoms with Crippen LogP contribution in [0.2, 0.25) is 0 Å². The van der Waals surface area contributed by atoms with E-state index < -0.39 is 0 Å². The Labute approximate surface area is 78.7 Å². The SMILES string of the molecule is Fc1cccc2c1CCN2I. The molecule has 0 aliphatic carbocycles. The third-order valence-electron chi connectivity index (χ3n) is 1.91. The summed E-state index contributed by atoms with van der Waals surface area (Å²) < 4.78 is 15.1. The molecule has 2 rings (SSSR count). The summed E-state index contributed by atoms with van der Waals surface area (Å²) in [6.07, 6.45) is 0.838. The molecular weight excluding hydrogens is 256 g/mol. The van der Waals surface area contributed by atoms with Crippen LogP contribution in [0.15, 0.2) is 18.2 Å². The molecular formula is C8H7FIN. The average Bonchev–Trinajstić information content (AvgIpc) is 2.35. The van der Waals surface area contributed by atoms with Crippen LogP contribution in [0.25, 0.3) is 0 Å². The maximum Gasteiger partial charge on any atom is 0.128 e. The summed E-state index contributed by atoms with van der Waals surface area (Å²) in [5, 5.41) is 0. The number of nitrogens with zero attached hydrogens (tertiary/aromatic N) is 1. The highest BCUT2D eigenvalue weighted by Crippen LogP contribution is 2.31. The van der Waals surface area contributed by atoms with Crippen molar-refractivity contribution in [3.63, 3.8) is 0 Å². The quantitative estimate of drug-likeness (QED) is 0.513. The van der Waals surface area contributed by atoms with Gasteiger partial charge < -0.3 is 3.11 Å². The fourth-order valence-electron chi connectivity index (χ4n) is 1.35. The lowest BCUT2D eigenvalue weighted by atomic mass is 10.1.